The summed E-state index contributed by atoms with van der Waals surface area (Å²) in [6.07, 6.45) is -15.4. The Morgan fingerprint density at radius 2 is 1.40 bits per heavy atom. The molecule has 8 heteroatoms. The van der Waals surface area contributed by atoms with E-state index in [1.807, 2.05) is 0 Å². The van der Waals surface area contributed by atoms with Gasteiger partial charge in [0.15, 0.2) is 0 Å². The van der Waals surface area contributed by atoms with Crippen molar-refractivity contribution in [2.24, 2.45) is 23.2 Å². The molecule has 1 rings (SSSR count). The summed E-state index contributed by atoms with van der Waals surface area (Å²) in [7, 11) is 0. The summed E-state index contributed by atoms with van der Waals surface area (Å²) in [4.78, 5) is 11.6. The van der Waals surface area contributed by atoms with Gasteiger partial charge in [0.05, 0.1) is 5.92 Å². The average molecular weight is 306 g/mol. The fourth-order valence-electron chi connectivity index (χ4n) is 2.67. The van der Waals surface area contributed by atoms with E-state index in [4.69, 9.17) is 0 Å². The summed E-state index contributed by atoms with van der Waals surface area (Å²) in [5.41, 5.74) is -0.380. The van der Waals surface area contributed by atoms with Gasteiger partial charge in [0.25, 0.3) is 6.10 Å². The highest BCUT2D eigenvalue weighted by atomic mass is 19.4. The smallest absolute Gasteiger partial charge is 0.434 e. The molecule has 1 aliphatic rings. The molecule has 0 aliphatic heterocycles. The van der Waals surface area contributed by atoms with Gasteiger partial charge in [-0.1, -0.05) is 27.7 Å². The molecule has 0 spiro atoms. The van der Waals surface area contributed by atoms with Crippen LogP contribution in [0.25, 0.3) is 0 Å². The van der Waals surface area contributed by atoms with E-state index >= 15 is 0 Å². The number of hydrogen-bond acceptors (Lipinski definition) is 2. The summed E-state index contributed by atoms with van der Waals surface area (Å²) >= 11 is 0. The van der Waals surface area contributed by atoms with Crippen molar-refractivity contribution in [1.82, 2.24) is 0 Å². The molecule has 0 saturated heterocycles. The summed E-state index contributed by atoms with van der Waals surface area (Å²) in [6, 6.07) is 0. The van der Waals surface area contributed by atoms with Crippen LogP contribution in [0.2, 0.25) is 0 Å². The van der Waals surface area contributed by atoms with Crippen LogP contribution in [-0.2, 0) is 9.53 Å². The molecular weight excluding hydrogens is 290 g/mol. The number of rotatable bonds is 2. The molecule has 20 heavy (non-hydrogen) atoms. The minimum absolute atomic E-state index is 0.280. The van der Waals surface area contributed by atoms with Crippen molar-refractivity contribution >= 4 is 5.97 Å². The molecule has 0 aromatic carbocycles. The lowest BCUT2D eigenvalue weighted by molar-refractivity contribution is -0.314. The minimum atomic E-state index is -5.66. The molecule has 1 aliphatic carbocycles. The van der Waals surface area contributed by atoms with E-state index in [9.17, 15) is 31.1 Å². The van der Waals surface area contributed by atoms with Crippen LogP contribution in [-0.4, -0.2) is 24.4 Å². The molecule has 1 saturated carbocycles. The maximum absolute atomic E-state index is 12.3. The maximum Gasteiger partial charge on any atom is 0.434 e. The van der Waals surface area contributed by atoms with E-state index in [1.54, 1.807) is 27.7 Å². The topological polar surface area (TPSA) is 26.3 Å². The lowest BCUT2D eigenvalue weighted by Gasteiger charge is -2.23. The molecule has 0 heterocycles. The van der Waals surface area contributed by atoms with Crippen LogP contribution in [0, 0.1) is 23.2 Å². The average Bonchev–Trinajstić information content (AvgIpc) is 2.82. The van der Waals surface area contributed by atoms with E-state index in [-0.39, 0.29) is 17.3 Å². The Kier molecular flexibility index (Phi) is 4.11. The number of alkyl halides is 6. The lowest BCUT2D eigenvalue weighted by atomic mass is 9.88. The highest BCUT2D eigenvalue weighted by molar-refractivity contribution is 5.77. The highest BCUT2D eigenvalue weighted by Crippen LogP contribution is 2.56. The van der Waals surface area contributed by atoms with E-state index in [0.717, 1.165) is 0 Å². The molecule has 0 bridgehead atoms. The first-order chi connectivity index (χ1) is 8.67. The van der Waals surface area contributed by atoms with Gasteiger partial charge in [-0.3, -0.25) is 4.79 Å². The maximum atomic E-state index is 12.3. The summed E-state index contributed by atoms with van der Waals surface area (Å²) in [6.45, 7) is 6.92. The van der Waals surface area contributed by atoms with Gasteiger partial charge < -0.3 is 4.74 Å². The standard InChI is InChI=1S/C12H16F6O2/c1-5-6(7(5)10(2,3)4)8(19)20-9(11(13,14)15)12(16,17)18/h5-7,9H,1-4H3. The molecule has 2 nitrogen and oxygen atoms in total. The zero-order valence-electron chi connectivity index (χ0n) is 11.4. The van der Waals surface area contributed by atoms with Crippen LogP contribution in [0.4, 0.5) is 26.3 Å². The van der Waals surface area contributed by atoms with Gasteiger partial charge in [0.1, 0.15) is 0 Å². The second kappa shape index (κ2) is 4.80. The fourth-order valence-corrected chi connectivity index (χ4v) is 2.67. The molecule has 0 aromatic rings. The third-order valence-corrected chi connectivity index (χ3v) is 3.48. The second-order valence-electron chi connectivity index (χ2n) is 6.18. The van der Waals surface area contributed by atoms with Crippen LogP contribution in [0.5, 0.6) is 0 Å². The molecule has 3 unspecified atom stereocenters. The molecule has 3 atom stereocenters. The molecule has 0 radical (unpaired) electrons. The Labute approximate surface area is 112 Å². The van der Waals surface area contributed by atoms with Crippen molar-refractivity contribution < 1.29 is 35.9 Å². The molecule has 0 amide bonds. The number of hydrogen-bond donors (Lipinski definition) is 0. The number of carbonyl (C=O) groups excluding carboxylic acids is 1. The summed E-state index contributed by atoms with van der Waals surface area (Å²) < 4.78 is 77.5. The second-order valence-corrected chi connectivity index (χ2v) is 6.18. The van der Waals surface area contributed by atoms with Crippen molar-refractivity contribution in [2.45, 2.75) is 46.2 Å². The minimum Gasteiger partial charge on any atom is -0.443 e. The van der Waals surface area contributed by atoms with Crippen molar-refractivity contribution in [3.63, 3.8) is 0 Å². The van der Waals surface area contributed by atoms with Crippen molar-refractivity contribution in [3.05, 3.63) is 0 Å². The monoisotopic (exact) mass is 306 g/mol. The van der Waals surface area contributed by atoms with E-state index in [2.05, 4.69) is 4.74 Å². The van der Waals surface area contributed by atoms with Crippen LogP contribution < -0.4 is 0 Å². The fraction of sp³-hybridized carbons (Fsp3) is 0.917. The summed E-state index contributed by atoms with van der Waals surface area (Å²) in [5, 5.41) is 0. The molecule has 0 N–H and O–H groups in total. The number of halogens is 6. The van der Waals surface area contributed by atoms with Crippen LogP contribution in [0.15, 0.2) is 0 Å². The Morgan fingerprint density at radius 1 is 1.00 bits per heavy atom. The third kappa shape index (κ3) is 3.58. The number of carbonyl (C=O) groups is 1. The Morgan fingerprint density at radius 3 is 1.65 bits per heavy atom. The van der Waals surface area contributed by atoms with Gasteiger partial charge in [-0.25, -0.2) is 0 Å². The molecular formula is C12H16F6O2. The Balaban J connectivity index is 2.80. The quantitative estimate of drug-likeness (QED) is 0.570. The SMILES string of the molecule is CC1C(C(=O)OC(C(F)(F)F)C(F)(F)F)C1C(C)(C)C. The first kappa shape index (κ1) is 17.1. The number of ether oxygens (including phenoxy) is 1. The predicted octanol–water partition coefficient (Wildman–Crippen LogP) is 3.95. The first-order valence-corrected chi connectivity index (χ1v) is 6.01. The van der Waals surface area contributed by atoms with Gasteiger partial charge in [0, 0.05) is 0 Å². The van der Waals surface area contributed by atoms with Crippen molar-refractivity contribution in [1.29, 1.82) is 0 Å². The molecule has 0 aromatic heterocycles. The van der Waals surface area contributed by atoms with Gasteiger partial charge >= 0.3 is 18.3 Å². The normalized spacial score (nSPS) is 27.6. The van der Waals surface area contributed by atoms with Gasteiger partial charge in [-0.2, -0.15) is 26.3 Å². The van der Waals surface area contributed by atoms with Gasteiger partial charge in [-0.05, 0) is 17.3 Å². The van der Waals surface area contributed by atoms with Gasteiger partial charge in [0.2, 0.25) is 0 Å². The highest BCUT2D eigenvalue weighted by Gasteiger charge is 2.63. The van der Waals surface area contributed by atoms with E-state index in [0.29, 0.717) is 0 Å². The molecule has 1 fully saturated rings. The Hall–Kier alpha value is -0.950. The zero-order chi connectivity index (χ0) is 16.1. The van der Waals surface area contributed by atoms with Gasteiger partial charge in [-0.15, -0.1) is 0 Å². The van der Waals surface area contributed by atoms with Crippen molar-refractivity contribution in [2.75, 3.05) is 0 Å². The largest absolute Gasteiger partial charge is 0.443 e. The van der Waals surface area contributed by atoms with E-state index in [1.165, 1.54) is 0 Å². The van der Waals surface area contributed by atoms with Crippen molar-refractivity contribution in [3.8, 4) is 0 Å². The number of esters is 1. The molecule has 118 valence electrons. The van der Waals surface area contributed by atoms with E-state index < -0.39 is 30.3 Å². The first-order valence-electron chi connectivity index (χ1n) is 6.01. The van der Waals surface area contributed by atoms with Crippen LogP contribution >= 0.6 is 0 Å². The third-order valence-electron chi connectivity index (χ3n) is 3.48. The summed E-state index contributed by atoms with van der Waals surface area (Å²) in [5.74, 6) is -2.92. The predicted molar refractivity (Wildman–Crippen MR) is 57.6 cm³/mol. The Bertz CT molecular complexity index is 365. The van der Waals surface area contributed by atoms with Crippen LogP contribution in [0.1, 0.15) is 27.7 Å². The zero-order valence-corrected chi connectivity index (χ0v) is 11.4. The van der Waals surface area contributed by atoms with Crippen LogP contribution in [0.3, 0.4) is 0 Å². The lowest BCUT2D eigenvalue weighted by Crippen LogP contribution is -2.46.